The van der Waals surface area contributed by atoms with Crippen molar-refractivity contribution < 1.29 is 4.74 Å². The summed E-state index contributed by atoms with van der Waals surface area (Å²) in [6.45, 7) is 2.00. The van der Waals surface area contributed by atoms with Gasteiger partial charge in [0, 0.05) is 11.3 Å². The minimum Gasteiger partial charge on any atom is -0.488 e. The molecule has 0 aliphatic carbocycles. The van der Waals surface area contributed by atoms with Crippen molar-refractivity contribution in [2.75, 3.05) is 0 Å². The molecule has 0 spiro atoms. The van der Waals surface area contributed by atoms with Gasteiger partial charge in [-0.2, -0.15) is 0 Å². The lowest BCUT2D eigenvalue weighted by molar-refractivity contribution is 0.228. The summed E-state index contributed by atoms with van der Waals surface area (Å²) in [5, 5.41) is -0.145. The normalized spacial score (nSPS) is 19.4. The lowest BCUT2D eigenvalue weighted by Gasteiger charge is -2.15. The first-order chi connectivity index (χ1) is 8.65. The van der Waals surface area contributed by atoms with Crippen LogP contribution in [0, 0.1) is 6.92 Å². The monoisotopic (exact) mass is 298 g/mol. The molecule has 4 heteroatoms. The molecule has 1 aliphatic rings. The Labute approximate surface area is 120 Å². The van der Waals surface area contributed by atoms with Gasteiger partial charge in [0.1, 0.15) is 17.2 Å². The lowest BCUT2D eigenvalue weighted by atomic mass is 10.1. The Kier molecular flexibility index (Phi) is 3.27. The first kappa shape index (κ1) is 12.3. The molecule has 1 aromatic carbocycles. The zero-order valence-electron chi connectivity index (χ0n) is 9.82. The van der Waals surface area contributed by atoms with Crippen LogP contribution in [0.3, 0.4) is 0 Å². The maximum absolute atomic E-state index is 6.51. The van der Waals surface area contributed by atoms with E-state index in [-0.39, 0.29) is 11.5 Å². The number of thiophene rings is 1. The van der Waals surface area contributed by atoms with Gasteiger partial charge in [0.25, 0.3) is 0 Å². The van der Waals surface area contributed by atoms with Gasteiger partial charge in [-0.25, -0.2) is 0 Å². The van der Waals surface area contributed by atoms with Crippen molar-refractivity contribution in [3.05, 3.63) is 50.7 Å². The topological polar surface area (TPSA) is 9.23 Å². The predicted octanol–water partition coefficient (Wildman–Crippen LogP) is 4.99. The van der Waals surface area contributed by atoms with Crippen molar-refractivity contribution in [3.63, 3.8) is 0 Å². The van der Waals surface area contributed by atoms with Crippen LogP contribution in [0.4, 0.5) is 0 Å². The highest BCUT2D eigenvalue weighted by Gasteiger charge is 2.31. The van der Waals surface area contributed by atoms with E-state index in [1.54, 1.807) is 11.3 Å². The molecule has 0 radical (unpaired) electrons. The summed E-state index contributed by atoms with van der Waals surface area (Å²) < 4.78 is 6.72. The highest BCUT2D eigenvalue weighted by atomic mass is 35.5. The minimum atomic E-state index is -0.145. The van der Waals surface area contributed by atoms with Crippen LogP contribution in [-0.2, 0) is 6.42 Å². The summed E-state index contributed by atoms with van der Waals surface area (Å²) in [5.74, 6) is 0.951. The number of hydrogen-bond acceptors (Lipinski definition) is 2. The van der Waals surface area contributed by atoms with E-state index >= 15 is 0 Å². The third-order valence-electron chi connectivity index (χ3n) is 3.15. The standard InChI is InChI=1S/C14H12Cl2OS/c1-8-6-12(18-14(8)16)13(15)11-7-9-4-2-3-5-10(9)17-11/h2-6,11,13H,7H2,1H3. The summed E-state index contributed by atoms with van der Waals surface area (Å²) in [7, 11) is 0. The summed E-state index contributed by atoms with van der Waals surface area (Å²) in [5.41, 5.74) is 2.31. The molecule has 3 rings (SSSR count). The van der Waals surface area contributed by atoms with Crippen LogP contribution in [0.15, 0.2) is 30.3 Å². The molecule has 2 aromatic rings. The molecule has 2 atom stereocenters. The third kappa shape index (κ3) is 2.13. The van der Waals surface area contributed by atoms with Crippen molar-refractivity contribution in [3.8, 4) is 5.75 Å². The third-order valence-corrected chi connectivity index (χ3v) is 5.43. The number of para-hydroxylation sites is 1. The molecule has 18 heavy (non-hydrogen) atoms. The zero-order valence-corrected chi connectivity index (χ0v) is 12.1. The molecule has 2 unspecified atom stereocenters. The lowest BCUT2D eigenvalue weighted by Crippen LogP contribution is -2.18. The van der Waals surface area contributed by atoms with Crippen molar-refractivity contribution in [1.82, 2.24) is 0 Å². The molecular weight excluding hydrogens is 287 g/mol. The van der Waals surface area contributed by atoms with E-state index in [4.69, 9.17) is 27.9 Å². The smallest absolute Gasteiger partial charge is 0.124 e. The molecule has 1 nitrogen and oxygen atoms in total. The second-order valence-corrected chi connectivity index (χ2v) is 6.63. The van der Waals surface area contributed by atoms with E-state index in [2.05, 4.69) is 12.1 Å². The van der Waals surface area contributed by atoms with Crippen LogP contribution in [0.1, 0.15) is 21.4 Å². The number of aryl methyl sites for hydroxylation is 1. The van der Waals surface area contributed by atoms with E-state index in [0.29, 0.717) is 0 Å². The second kappa shape index (κ2) is 4.76. The van der Waals surface area contributed by atoms with Crippen molar-refractivity contribution in [2.45, 2.75) is 24.8 Å². The highest BCUT2D eigenvalue weighted by molar-refractivity contribution is 7.16. The van der Waals surface area contributed by atoms with Crippen molar-refractivity contribution in [2.24, 2.45) is 0 Å². The summed E-state index contributed by atoms with van der Waals surface area (Å²) in [6, 6.07) is 10.1. The molecule has 2 heterocycles. The Morgan fingerprint density at radius 3 is 2.83 bits per heavy atom. The van der Waals surface area contributed by atoms with Crippen LogP contribution in [-0.4, -0.2) is 6.10 Å². The number of rotatable bonds is 2. The fourth-order valence-electron chi connectivity index (χ4n) is 2.17. The summed E-state index contributed by atoms with van der Waals surface area (Å²) in [6.07, 6.45) is 0.858. The number of halogens is 2. The summed E-state index contributed by atoms with van der Waals surface area (Å²) >= 11 is 14.1. The van der Waals surface area contributed by atoms with Crippen LogP contribution in [0.25, 0.3) is 0 Å². The van der Waals surface area contributed by atoms with Gasteiger partial charge in [-0.3, -0.25) is 0 Å². The van der Waals surface area contributed by atoms with E-state index in [0.717, 1.165) is 26.9 Å². The maximum atomic E-state index is 6.51. The molecular formula is C14H12Cl2OS. The van der Waals surface area contributed by atoms with E-state index in [1.165, 1.54) is 5.56 Å². The van der Waals surface area contributed by atoms with Gasteiger partial charge in [0.2, 0.25) is 0 Å². The Morgan fingerprint density at radius 1 is 1.39 bits per heavy atom. The fraction of sp³-hybridized carbons (Fsp3) is 0.286. The Hall–Kier alpha value is -0.700. The molecule has 1 aromatic heterocycles. The van der Waals surface area contributed by atoms with Crippen molar-refractivity contribution >= 4 is 34.5 Å². The first-order valence-electron chi connectivity index (χ1n) is 5.79. The van der Waals surface area contributed by atoms with Gasteiger partial charge in [-0.1, -0.05) is 29.8 Å². The molecule has 0 saturated carbocycles. The van der Waals surface area contributed by atoms with Crippen LogP contribution < -0.4 is 4.74 Å². The summed E-state index contributed by atoms with van der Waals surface area (Å²) in [4.78, 5) is 1.08. The SMILES string of the molecule is Cc1cc(C(Cl)C2Cc3ccccc3O2)sc1Cl. The van der Waals surface area contributed by atoms with E-state index < -0.39 is 0 Å². The van der Waals surface area contributed by atoms with Gasteiger partial charge in [-0.15, -0.1) is 22.9 Å². The molecule has 0 N–H and O–H groups in total. The van der Waals surface area contributed by atoms with Crippen LogP contribution in [0.5, 0.6) is 5.75 Å². The second-order valence-electron chi connectivity index (χ2n) is 4.48. The zero-order chi connectivity index (χ0) is 12.7. The number of ether oxygens (including phenoxy) is 1. The van der Waals surface area contributed by atoms with Crippen LogP contribution in [0.2, 0.25) is 4.34 Å². The minimum absolute atomic E-state index is 0.00168. The van der Waals surface area contributed by atoms with E-state index in [9.17, 15) is 0 Å². The number of hydrogen-bond donors (Lipinski definition) is 0. The van der Waals surface area contributed by atoms with Gasteiger partial charge < -0.3 is 4.74 Å². The van der Waals surface area contributed by atoms with Gasteiger partial charge in [-0.05, 0) is 30.2 Å². The average Bonchev–Trinajstić information content (AvgIpc) is 2.93. The molecule has 94 valence electrons. The van der Waals surface area contributed by atoms with Crippen molar-refractivity contribution in [1.29, 1.82) is 0 Å². The molecule has 0 fully saturated rings. The number of alkyl halides is 1. The average molecular weight is 299 g/mol. The van der Waals surface area contributed by atoms with E-state index in [1.807, 2.05) is 25.1 Å². The number of benzene rings is 1. The highest BCUT2D eigenvalue weighted by Crippen LogP contribution is 2.41. The largest absolute Gasteiger partial charge is 0.488 e. The Balaban J connectivity index is 1.82. The first-order valence-corrected chi connectivity index (χ1v) is 7.42. The van der Waals surface area contributed by atoms with Gasteiger partial charge >= 0.3 is 0 Å². The Morgan fingerprint density at radius 2 is 2.17 bits per heavy atom. The quantitative estimate of drug-likeness (QED) is 0.710. The maximum Gasteiger partial charge on any atom is 0.124 e. The number of fused-ring (bicyclic) bond motifs is 1. The van der Waals surface area contributed by atoms with Crippen LogP contribution >= 0.6 is 34.5 Å². The molecule has 0 saturated heterocycles. The molecule has 0 amide bonds. The molecule has 0 bridgehead atoms. The fourth-order valence-corrected chi connectivity index (χ4v) is 3.76. The predicted molar refractivity (Wildman–Crippen MR) is 77.2 cm³/mol. The van der Waals surface area contributed by atoms with Gasteiger partial charge in [0.05, 0.1) is 4.34 Å². The Bertz CT molecular complexity index is 534. The molecule has 1 aliphatic heterocycles. The van der Waals surface area contributed by atoms with Gasteiger partial charge in [0.15, 0.2) is 0 Å².